The largest absolute Gasteiger partial charge is 0.303 e. The van der Waals surface area contributed by atoms with Crippen LogP contribution >= 0.6 is 15.9 Å². The molecule has 0 amide bonds. The zero-order valence-corrected chi connectivity index (χ0v) is 11.4. The average Bonchev–Trinajstić information content (AvgIpc) is 2.30. The lowest BCUT2D eigenvalue weighted by molar-refractivity contribution is 0.0681. The van der Waals surface area contributed by atoms with Crippen molar-refractivity contribution in [2.75, 3.05) is 25.0 Å². The van der Waals surface area contributed by atoms with Crippen LogP contribution in [-0.4, -0.2) is 29.9 Å². The summed E-state index contributed by atoms with van der Waals surface area (Å²) in [5.74, 6) is 0. The summed E-state index contributed by atoms with van der Waals surface area (Å²) >= 11 is 3.52. The lowest BCUT2D eigenvalue weighted by atomic mass is 9.68. The molecule has 15 heavy (non-hydrogen) atoms. The van der Waals surface area contributed by atoms with Crippen LogP contribution in [0, 0.1) is 5.41 Å². The van der Waals surface area contributed by atoms with Crippen molar-refractivity contribution < 1.29 is 0 Å². The molecule has 0 radical (unpaired) electrons. The van der Waals surface area contributed by atoms with Crippen LogP contribution in [0.3, 0.4) is 0 Å². The highest BCUT2D eigenvalue weighted by atomic mass is 79.9. The van der Waals surface area contributed by atoms with Gasteiger partial charge in [0.1, 0.15) is 0 Å². The van der Waals surface area contributed by atoms with Gasteiger partial charge in [-0.2, -0.15) is 0 Å². The van der Waals surface area contributed by atoms with Gasteiger partial charge in [0.25, 0.3) is 0 Å². The number of nitrogens with zero attached hydrogens (tertiary/aromatic N) is 1. The van der Waals surface area contributed by atoms with Gasteiger partial charge < -0.3 is 4.90 Å². The van der Waals surface area contributed by atoms with E-state index in [0.29, 0.717) is 0 Å². The number of halogens is 1. The molecule has 88 valence electrons. The molecule has 1 nitrogen and oxygen atoms in total. The fourth-order valence-corrected chi connectivity index (χ4v) is 3.59. The first-order valence-electron chi connectivity index (χ1n) is 6.63. The SMILES string of the molecule is BrCCCN1CCC2(CCCCC2)CC1. The Bertz CT molecular complexity index is 177. The summed E-state index contributed by atoms with van der Waals surface area (Å²) in [5, 5.41) is 1.16. The lowest BCUT2D eigenvalue weighted by Gasteiger charge is -2.44. The van der Waals surface area contributed by atoms with Crippen molar-refractivity contribution in [3.63, 3.8) is 0 Å². The molecule has 0 atom stereocenters. The molecule has 0 aromatic rings. The van der Waals surface area contributed by atoms with E-state index in [1.165, 1.54) is 71.0 Å². The van der Waals surface area contributed by atoms with E-state index in [4.69, 9.17) is 0 Å². The normalized spacial score (nSPS) is 27.0. The number of hydrogen-bond donors (Lipinski definition) is 0. The van der Waals surface area contributed by atoms with Crippen molar-refractivity contribution >= 4 is 15.9 Å². The molecule has 0 aromatic heterocycles. The summed E-state index contributed by atoms with van der Waals surface area (Å²) in [4.78, 5) is 2.67. The summed E-state index contributed by atoms with van der Waals surface area (Å²) in [6.45, 7) is 4.04. The third kappa shape index (κ3) is 3.20. The van der Waals surface area contributed by atoms with Crippen LogP contribution in [0.2, 0.25) is 0 Å². The summed E-state index contributed by atoms with van der Waals surface area (Å²) in [6.07, 6.45) is 11.8. The summed E-state index contributed by atoms with van der Waals surface area (Å²) in [5.41, 5.74) is 0.781. The molecule has 1 aliphatic heterocycles. The average molecular weight is 274 g/mol. The molecule has 2 rings (SSSR count). The molecular weight excluding hydrogens is 250 g/mol. The Balaban J connectivity index is 1.75. The zero-order chi connectivity index (χ0) is 10.6. The Labute approximate surface area is 103 Å². The van der Waals surface area contributed by atoms with Crippen LogP contribution in [0.15, 0.2) is 0 Å². The third-order valence-electron chi connectivity index (χ3n) is 4.44. The molecule has 2 fully saturated rings. The molecular formula is C13H24BrN. The van der Waals surface area contributed by atoms with Crippen molar-refractivity contribution in [3.8, 4) is 0 Å². The highest BCUT2D eigenvalue weighted by Crippen LogP contribution is 2.44. The number of hydrogen-bond acceptors (Lipinski definition) is 1. The first-order chi connectivity index (χ1) is 7.35. The molecule has 0 bridgehead atoms. The highest BCUT2D eigenvalue weighted by Gasteiger charge is 2.34. The van der Waals surface area contributed by atoms with Crippen LogP contribution in [-0.2, 0) is 0 Å². The first-order valence-corrected chi connectivity index (χ1v) is 7.75. The minimum atomic E-state index is 0.781. The van der Waals surface area contributed by atoms with E-state index >= 15 is 0 Å². The predicted molar refractivity (Wildman–Crippen MR) is 69.6 cm³/mol. The van der Waals surface area contributed by atoms with Crippen molar-refractivity contribution in [3.05, 3.63) is 0 Å². The van der Waals surface area contributed by atoms with Gasteiger partial charge >= 0.3 is 0 Å². The van der Waals surface area contributed by atoms with Gasteiger partial charge in [-0.15, -0.1) is 0 Å². The van der Waals surface area contributed by atoms with Gasteiger partial charge in [0.2, 0.25) is 0 Å². The third-order valence-corrected chi connectivity index (χ3v) is 5.00. The Hall–Kier alpha value is 0.440. The van der Waals surface area contributed by atoms with Crippen LogP contribution in [0.1, 0.15) is 51.4 Å². The molecule has 0 unspecified atom stereocenters. The van der Waals surface area contributed by atoms with Crippen LogP contribution < -0.4 is 0 Å². The second-order valence-electron chi connectivity index (χ2n) is 5.44. The minimum Gasteiger partial charge on any atom is -0.303 e. The quantitative estimate of drug-likeness (QED) is 0.707. The maximum absolute atomic E-state index is 3.52. The van der Waals surface area contributed by atoms with Gasteiger partial charge in [0.05, 0.1) is 0 Å². The van der Waals surface area contributed by atoms with E-state index in [9.17, 15) is 0 Å². The van der Waals surface area contributed by atoms with E-state index in [-0.39, 0.29) is 0 Å². The standard InChI is InChI=1S/C13H24BrN/c14-9-4-10-15-11-7-13(8-12-15)5-2-1-3-6-13/h1-12H2. The van der Waals surface area contributed by atoms with E-state index in [0.717, 1.165) is 10.7 Å². The Morgan fingerprint density at radius 3 is 2.20 bits per heavy atom. The van der Waals surface area contributed by atoms with E-state index < -0.39 is 0 Å². The number of likely N-dealkylation sites (tertiary alicyclic amines) is 1. The van der Waals surface area contributed by atoms with Crippen LogP contribution in [0.5, 0.6) is 0 Å². The van der Waals surface area contributed by atoms with E-state index in [1.54, 1.807) is 0 Å². The Kier molecular flexibility index (Phi) is 4.51. The Morgan fingerprint density at radius 1 is 0.933 bits per heavy atom. The van der Waals surface area contributed by atoms with Crippen LogP contribution in [0.25, 0.3) is 0 Å². The van der Waals surface area contributed by atoms with Crippen LogP contribution in [0.4, 0.5) is 0 Å². The van der Waals surface area contributed by atoms with Crippen molar-refractivity contribution in [1.82, 2.24) is 4.90 Å². The highest BCUT2D eigenvalue weighted by molar-refractivity contribution is 9.09. The monoisotopic (exact) mass is 273 g/mol. The minimum absolute atomic E-state index is 0.781. The fourth-order valence-electron chi connectivity index (χ4n) is 3.34. The summed E-state index contributed by atoms with van der Waals surface area (Å²) in [7, 11) is 0. The molecule has 1 heterocycles. The lowest BCUT2D eigenvalue weighted by Crippen LogP contribution is -2.41. The van der Waals surface area contributed by atoms with Gasteiger partial charge in [-0.3, -0.25) is 0 Å². The van der Waals surface area contributed by atoms with Crippen molar-refractivity contribution in [2.24, 2.45) is 5.41 Å². The van der Waals surface area contributed by atoms with Gasteiger partial charge in [-0.25, -0.2) is 0 Å². The number of rotatable bonds is 3. The molecule has 1 spiro atoms. The molecule has 2 heteroatoms. The van der Waals surface area contributed by atoms with Gasteiger partial charge in [-0.05, 0) is 57.2 Å². The molecule has 2 aliphatic rings. The summed E-state index contributed by atoms with van der Waals surface area (Å²) < 4.78 is 0. The molecule has 1 saturated carbocycles. The maximum atomic E-state index is 3.52. The number of piperidine rings is 1. The van der Waals surface area contributed by atoms with Crippen molar-refractivity contribution in [1.29, 1.82) is 0 Å². The molecule has 1 saturated heterocycles. The first kappa shape index (κ1) is 11.9. The maximum Gasteiger partial charge on any atom is 0.00434 e. The zero-order valence-electron chi connectivity index (χ0n) is 9.81. The van der Waals surface area contributed by atoms with Gasteiger partial charge in [-0.1, -0.05) is 35.2 Å². The van der Waals surface area contributed by atoms with Gasteiger partial charge in [0.15, 0.2) is 0 Å². The molecule has 0 N–H and O–H groups in total. The molecule has 0 aromatic carbocycles. The second-order valence-corrected chi connectivity index (χ2v) is 6.24. The summed E-state index contributed by atoms with van der Waals surface area (Å²) in [6, 6.07) is 0. The Morgan fingerprint density at radius 2 is 1.60 bits per heavy atom. The topological polar surface area (TPSA) is 3.24 Å². The number of alkyl halides is 1. The molecule has 1 aliphatic carbocycles. The van der Waals surface area contributed by atoms with Crippen molar-refractivity contribution in [2.45, 2.75) is 51.4 Å². The predicted octanol–water partition coefficient (Wildman–Crippen LogP) is 3.82. The van der Waals surface area contributed by atoms with Gasteiger partial charge in [0, 0.05) is 5.33 Å². The van der Waals surface area contributed by atoms with E-state index in [2.05, 4.69) is 20.8 Å². The second kappa shape index (κ2) is 5.67. The van der Waals surface area contributed by atoms with E-state index in [1.807, 2.05) is 0 Å². The smallest absolute Gasteiger partial charge is 0.00434 e. The fraction of sp³-hybridized carbons (Fsp3) is 1.00.